The van der Waals surface area contributed by atoms with Crippen LogP contribution in [0, 0.1) is 5.92 Å². The first kappa shape index (κ1) is 7.34. The van der Waals surface area contributed by atoms with Crippen LogP contribution >= 0.6 is 0 Å². The van der Waals surface area contributed by atoms with Crippen molar-refractivity contribution in [2.24, 2.45) is 22.4 Å². The van der Waals surface area contributed by atoms with Crippen LogP contribution in [0.3, 0.4) is 0 Å². The summed E-state index contributed by atoms with van der Waals surface area (Å²) in [6.07, 6.45) is 1.19. The molecule has 0 aliphatic carbocycles. The molecule has 0 saturated carbocycles. The summed E-state index contributed by atoms with van der Waals surface area (Å²) >= 11 is 0. The number of nitrogens with one attached hydrogen (secondary N) is 1. The summed E-state index contributed by atoms with van der Waals surface area (Å²) in [4.78, 5) is 3.94. The molecule has 0 unspecified atom stereocenters. The SMILES string of the molecule is NC(N)=NC[C@@H]1CCNC1. The average Bonchev–Trinajstić information content (AvgIpc) is 2.34. The van der Waals surface area contributed by atoms with Crippen molar-refractivity contribution in [1.29, 1.82) is 0 Å². The maximum Gasteiger partial charge on any atom is 0.185 e. The smallest absolute Gasteiger partial charge is 0.185 e. The Morgan fingerprint density at radius 1 is 1.60 bits per heavy atom. The third kappa shape index (κ3) is 2.23. The van der Waals surface area contributed by atoms with Crippen molar-refractivity contribution in [2.45, 2.75) is 6.42 Å². The molecule has 0 spiro atoms. The Kier molecular flexibility index (Phi) is 2.50. The molecule has 4 heteroatoms. The van der Waals surface area contributed by atoms with Crippen molar-refractivity contribution in [3.8, 4) is 0 Å². The zero-order valence-electron chi connectivity index (χ0n) is 6.01. The van der Waals surface area contributed by atoms with Crippen molar-refractivity contribution in [2.75, 3.05) is 19.6 Å². The van der Waals surface area contributed by atoms with E-state index < -0.39 is 0 Å². The number of guanidine groups is 1. The quantitative estimate of drug-likeness (QED) is 0.337. The van der Waals surface area contributed by atoms with Gasteiger partial charge in [0.2, 0.25) is 0 Å². The highest BCUT2D eigenvalue weighted by atomic mass is 15.0. The van der Waals surface area contributed by atoms with Gasteiger partial charge in [0.25, 0.3) is 0 Å². The minimum absolute atomic E-state index is 0.201. The van der Waals surface area contributed by atoms with E-state index in [0.29, 0.717) is 5.92 Å². The third-order valence-corrected chi connectivity index (χ3v) is 1.69. The van der Waals surface area contributed by atoms with Crippen molar-refractivity contribution in [1.82, 2.24) is 5.32 Å². The molecule has 0 bridgehead atoms. The minimum atomic E-state index is 0.201. The molecular formula is C6H14N4. The van der Waals surface area contributed by atoms with Gasteiger partial charge in [0.05, 0.1) is 0 Å². The van der Waals surface area contributed by atoms with Gasteiger partial charge in [-0.3, -0.25) is 4.99 Å². The zero-order valence-corrected chi connectivity index (χ0v) is 6.01. The molecule has 5 N–H and O–H groups in total. The van der Waals surface area contributed by atoms with Crippen LogP contribution < -0.4 is 16.8 Å². The number of nitrogens with two attached hydrogens (primary N) is 2. The first-order valence-electron chi connectivity index (χ1n) is 3.55. The molecule has 1 aliphatic heterocycles. The molecule has 0 amide bonds. The van der Waals surface area contributed by atoms with E-state index >= 15 is 0 Å². The first-order chi connectivity index (χ1) is 4.79. The largest absolute Gasteiger partial charge is 0.370 e. The monoisotopic (exact) mass is 142 g/mol. The molecule has 58 valence electrons. The molecule has 1 aliphatic rings. The van der Waals surface area contributed by atoms with E-state index in [9.17, 15) is 0 Å². The lowest BCUT2D eigenvalue weighted by Crippen LogP contribution is -2.24. The van der Waals surface area contributed by atoms with Crippen molar-refractivity contribution in [3.63, 3.8) is 0 Å². The summed E-state index contributed by atoms with van der Waals surface area (Å²) in [5.41, 5.74) is 10.4. The van der Waals surface area contributed by atoms with E-state index in [1.165, 1.54) is 6.42 Å². The zero-order chi connectivity index (χ0) is 7.40. The molecule has 1 atom stereocenters. The van der Waals surface area contributed by atoms with Gasteiger partial charge in [-0.1, -0.05) is 0 Å². The van der Waals surface area contributed by atoms with Gasteiger partial charge in [0, 0.05) is 6.54 Å². The first-order valence-corrected chi connectivity index (χ1v) is 3.55. The minimum Gasteiger partial charge on any atom is -0.370 e. The van der Waals surface area contributed by atoms with Gasteiger partial charge in [0.15, 0.2) is 5.96 Å². The second-order valence-electron chi connectivity index (χ2n) is 2.62. The molecule has 1 heterocycles. The number of rotatable bonds is 2. The molecule has 10 heavy (non-hydrogen) atoms. The predicted octanol–water partition coefficient (Wildman–Crippen LogP) is -1.13. The highest BCUT2D eigenvalue weighted by Gasteiger charge is 2.12. The second-order valence-corrected chi connectivity index (χ2v) is 2.62. The summed E-state index contributed by atoms with van der Waals surface area (Å²) in [7, 11) is 0. The number of hydrogen-bond acceptors (Lipinski definition) is 2. The Hall–Kier alpha value is -0.770. The maximum absolute atomic E-state index is 5.18. The molecule has 0 aromatic carbocycles. The van der Waals surface area contributed by atoms with Crippen molar-refractivity contribution < 1.29 is 0 Å². The highest BCUT2D eigenvalue weighted by molar-refractivity contribution is 5.75. The van der Waals surface area contributed by atoms with E-state index in [1.807, 2.05) is 0 Å². The molecule has 1 saturated heterocycles. The fraction of sp³-hybridized carbons (Fsp3) is 0.833. The lowest BCUT2D eigenvalue weighted by molar-refractivity contribution is 0.597. The lowest BCUT2D eigenvalue weighted by Gasteiger charge is -2.01. The summed E-state index contributed by atoms with van der Waals surface area (Å²) < 4.78 is 0. The van der Waals surface area contributed by atoms with E-state index in [0.717, 1.165) is 19.6 Å². The van der Waals surface area contributed by atoms with Crippen molar-refractivity contribution >= 4 is 5.96 Å². The van der Waals surface area contributed by atoms with E-state index in [1.54, 1.807) is 0 Å². The molecule has 0 radical (unpaired) electrons. The van der Waals surface area contributed by atoms with Gasteiger partial charge in [-0.2, -0.15) is 0 Å². The number of aliphatic imine (C=N–C) groups is 1. The Bertz CT molecular complexity index is 122. The van der Waals surface area contributed by atoms with Gasteiger partial charge in [0.1, 0.15) is 0 Å². The summed E-state index contributed by atoms with van der Waals surface area (Å²) in [6.45, 7) is 2.93. The van der Waals surface area contributed by atoms with Gasteiger partial charge in [-0.05, 0) is 25.4 Å². The number of hydrogen-bond donors (Lipinski definition) is 3. The Balaban J connectivity index is 2.18. The summed E-state index contributed by atoms with van der Waals surface area (Å²) in [6, 6.07) is 0. The van der Waals surface area contributed by atoms with Crippen LogP contribution in [0.2, 0.25) is 0 Å². The Morgan fingerprint density at radius 3 is 2.90 bits per heavy atom. The topological polar surface area (TPSA) is 76.4 Å². The van der Waals surface area contributed by atoms with Gasteiger partial charge in [-0.25, -0.2) is 0 Å². The van der Waals surface area contributed by atoms with Crippen molar-refractivity contribution in [3.05, 3.63) is 0 Å². The average molecular weight is 142 g/mol. The predicted molar refractivity (Wildman–Crippen MR) is 41.7 cm³/mol. The fourth-order valence-corrected chi connectivity index (χ4v) is 1.10. The Labute approximate surface area is 60.7 Å². The van der Waals surface area contributed by atoms with E-state index in [4.69, 9.17) is 11.5 Å². The maximum atomic E-state index is 5.18. The summed E-state index contributed by atoms with van der Waals surface area (Å²) in [5.74, 6) is 0.842. The Morgan fingerprint density at radius 2 is 2.40 bits per heavy atom. The van der Waals surface area contributed by atoms with Gasteiger partial charge >= 0.3 is 0 Å². The van der Waals surface area contributed by atoms with Crippen LogP contribution in [0.1, 0.15) is 6.42 Å². The molecule has 1 fully saturated rings. The molecule has 1 rings (SSSR count). The standard InChI is InChI=1S/C6H14N4/c7-6(8)10-4-5-1-2-9-3-5/h5,9H,1-4H2,(H4,7,8,10)/t5-/m1/s1. The van der Waals surface area contributed by atoms with E-state index in [2.05, 4.69) is 10.3 Å². The van der Waals surface area contributed by atoms with Crippen LogP contribution in [0.4, 0.5) is 0 Å². The lowest BCUT2D eigenvalue weighted by atomic mass is 10.1. The van der Waals surface area contributed by atoms with Crippen LogP contribution in [0.5, 0.6) is 0 Å². The van der Waals surface area contributed by atoms with Crippen LogP contribution in [-0.2, 0) is 0 Å². The van der Waals surface area contributed by atoms with Gasteiger partial charge < -0.3 is 16.8 Å². The highest BCUT2D eigenvalue weighted by Crippen LogP contribution is 2.06. The normalized spacial score (nSPS) is 24.6. The van der Waals surface area contributed by atoms with E-state index in [-0.39, 0.29) is 5.96 Å². The third-order valence-electron chi connectivity index (χ3n) is 1.69. The molecule has 4 nitrogen and oxygen atoms in total. The number of nitrogens with zero attached hydrogens (tertiary/aromatic N) is 1. The van der Waals surface area contributed by atoms with Crippen LogP contribution in [0.25, 0.3) is 0 Å². The van der Waals surface area contributed by atoms with Crippen LogP contribution in [0.15, 0.2) is 4.99 Å². The fourth-order valence-electron chi connectivity index (χ4n) is 1.10. The van der Waals surface area contributed by atoms with Crippen LogP contribution in [-0.4, -0.2) is 25.6 Å². The second kappa shape index (κ2) is 3.41. The molecule has 0 aromatic heterocycles. The molecular weight excluding hydrogens is 128 g/mol. The molecule has 0 aromatic rings. The van der Waals surface area contributed by atoms with Gasteiger partial charge in [-0.15, -0.1) is 0 Å². The summed E-state index contributed by atoms with van der Waals surface area (Å²) in [5, 5.41) is 3.25.